The number of amides is 4. The highest BCUT2D eigenvalue weighted by Gasteiger charge is 2.37. The predicted octanol–water partition coefficient (Wildman–Crippen LogP) is 1.49. The lowest BCUT2D eigenvalue weighted by Gasteiger charge is -2.22. The molecule has 4 amide bonds. The Labute approximate surface area is 160 Å². The van der Waals surface area contributed by atoms with Gasteiger partial charge in [-0.15, -0.1) is 0 Å². The van der Waals surface area contributed by atoms with E-state index in [1.165, 1.54) is 11.3 Å². The molecule has 0 unspecified atom stereocenters. The maximum Gasteiger partial charge on any atom is 0.325 e. The molecule has 2 N–H and O–H groups in total. The highest BCUT2D eigenvalue weighted by atomic mass is 16.2. The van der Waals surface area contributed by atoms with E-state index in [0.717, 1.165) is 25.1 Å². The van der Waals surface area contributed by atoms with Gasteiger partial charge in [0.05, 0.1) is 6.54 Å². The zero-order valence-electron chi connectivity index (χ0n) is 15.8. The van der Waals surface area contributed by atoms with Crippen LogP contribution in [0.2, 0.25) is 0 Å². The number of hydrogen-bond acceptors (Lipinski definition) is 4. The standard InChI is InChI=1S/C20H28N4O3/c1-2-23-12-6-9-16(23)13-21-18(25)11-10-17-19(26)24(20(27)22-17)14-15-7-4-3-5-8-15/h3-5,7-8,16-17H,2,6,9-14H2,1H3,(H,21,25)(H,22,27)/t16-,17-/m0/s1. The van der Waals surface area contributed by atoms with E-state index in [9.17, 15) is 14.4 Å². The van der Waals surface area contributed by atoms with Crippen LogP contribution in [-0.4, -0.2) is 59.4 Å². The molecule has 146 valence electrons. The summed E-state index contributed by atoms with van der Waals surface area (Å²) in [6.45, 7) is 5.13. The third-order valence-corrected chi connectivity index (χ3v) is 5.39. The van der Waals surface area contributed by atoms with E-state index in [4.69, 9.17) is 0 Å². The summed E-state index contributed by atoms with van der Waals surface area (Å²) in [7, 11) is 0. The average Bonchev–Trinajstić information content (AvgIpc) is 3.25. The van der Waals surface area contributed by atoms with Crippen molar-refractivity contribution in [2.45, 2.75) is 51.2 Å². The van der Waals surface area contributed by atoms with Gasteiger partial charge in [-0.05, 0) is 37.9 Å². The van der Waals surface area contributed by atoms with Gasteiger partial charge in [0.1, 0.15) is 6.04 Å². The smallest absolute Gasteiger partial charge is 0.325 e. The van der Waals surface area contributed by atoms with Crippen molar-refractivity contribution in [3.63, 3.8) is 0 Å². The van der Waals surface area contributed by atoms with Crippen LogP contribution in [0.1, 0.15) is 38.2 Å². The fraction of sp³-hybridized carbons (Fsp3) is 0.550. The third-order valence-electron chi connectivity index (χ3n) is 5.39. The summed E-state index contributed by atoms with van der Waals surface area (Å²) >= 11 is 0. The second-order valence-corrected chi connectivity index (χ2v) is 7.18. The fourth-order valence-electron chi connectivity index (χ4n) is 3.83. The van der Waals surface area contributed by atoms with Crippen LogP contribution in [0, 0.1) is 0 Å². The molecule has 0 radical (unpaired) electrons. The lowest BCUT2D eigenvalue weighted by atomic mass is 10.1. The molecule has 27 heavy (non-hydrogen) atoms. The third kappa shape index (κ3) is 4.86. The first-order valence-corrected chi connectivity index (χ1v) is 9.75. The molecule has 3 rings (SSSR count). The van der Waals surface area contributed by atoms with E-state index in [1.807, 2.05) is 30.3 Å². The fourth-order valence-corrected chi connectivity index (χ4v) is 3.83. The summed E-state index contributed by atoms with van der Waals surface area (Å²) in [5.41, 5.74) is 0.899. The van der Waals surface area contributed by atoms with E-state index in [1.54, 1.807) is 0 Å². The van der Waals surface area contributed by atoms with Crippen LogP contribution >= 0.6 is 0 Å². The van der Waals surface area contributed by atoms with Crippen LogP contribution in [0.25, 0.3) is 0 Å². The van der Waals surface area contributed by atoms with Crippen molar-refractivity contribution in [3.8, 4) is 0 Å². The number of imide groups is 1. The number of nitrogens with zero attached hydrogens (tertiary/aromatic N) is 2. The molecule has 7 heteroatoms. The molecule has 0 saturated carbocycles. The summed E-state index contributed by atoms with van der Waals surface area (Å²) < 4.78 is 0. The number of likely N-dealkylation sites (tertiary alicyclic amines) is 1. The van der Waals surface area contributed by atoms with E-state index in [2.05, 4.69) is 22.5 Å². The van der Waals surface area contributed by atoms with E-state index in [0.29, 0.717) is 19.0 Å². The van der Waals surface area contributed by atoms with Gasteiger partial charge in [-0.2, -0.15) is 0 Å². The van der Waals surface area contributed by atoms with Gasteiger partial charge in [-0.25, -0.2) is 4.79 Å². The Morgan fingerprint density at radius 1 is 1.26 bits per heavy atom. The molecule has 1 aromatic rings. The van der Waals surface area contributed by atoms with Gasteiger partial charge in [-0.3, -0.25) is 19.4 Å². The molecule has 7 nitrogen and oxygen atoms in total. The molecule has 0 bridgehead atoms. The highest BCUT2D eigenvalue weighted by molar-refractivity contribution is 6.04. The quantitative estimate of drug-likeness (QED) is 0.678. The van der Waals surface area contributed by atoms with Crippen LogP contribution in [0.4, 0.5) is 4.79 Å². The van der Waals surface area contributed by atoms with E-state index >= 15 is 0 Å². The van der Waals surface area contributed by atoms with Crippen LogP contribution in [0.5, 0.6) is 0 Å². The Bertz CT molecular complexity index is 679. The van der Waals surface area contributed by atoms with Crippen molar-refractivity contribution in [1.29, 1.82) is 0 Å². The predicted molar refractivity (Wildman–Crippen MR) is 102 cm³/mol. The van der Waals surface area contributed by atoms with Crippen molar-refractivity contribution < 1.29 is 14.4 Å². The van der Waals surface area contributed by atoms with Crippen molar-refractivity contribution in [2.24, 2.45) is 0 Å². The average molecular weight is 372 g/mol. The second-order valence-electron chi connectivity index (χ2n) is 7.18. The van der Waals surface area contributed by atoms with Gasteiger partial charge in [-0.1, -0.05) is 37.3 Å². The number of rotatable bonds is 8. The Kier molecular flexibility index (Phi) is 6.45. The second kappa shape index (κ2) is 8.99. The van der Waals surface area contributed by atoms with Gasteiger partial charge < -0.3 is 10.6 Å². The minimum absolute atomic E-state index is 0.0680. The van der Waals surface area contributed by atoms with Crippen molar-refractivity contribution in [1.82, 2.24) is 20.4 Å². The number of urea groups is 1. The molecule has 1 aromatic carbocycles. The molecule has 2 aliphatic rings. The van der Waals surface area contributed by atoms with Gasteiger partial charge in [0.15, 0.2) is 0 Å². The lowest BCUT2D eigenvalue weighted by Crippen LogP contribution is -2.40. The first-order valence-electron chi connectivity index (χ1n) is 9.75. The lowest BCUT2D eigenvalue weighted by molar-refractivity contribution is -0.128. The Hall–Kier alpha value is -2.41. The largest absolute Gasteiger partial charge is 0.355 e. The van der Waals surface area contributed by atoms with Gasteiger partial charge >= 0.3 is 6.03 Å². The van der Waals surface area contributed by atoms with E-state index < -0.39 is 6.04 Å². The van der Waals surface area contributed by atoms with Gasteiger partial charge in [0, 0.05) is 19.0 Å². The number of likely N-dealkylation sites (N-methyl/N-ethyl adjacent to an activating group) is 1. The van der Waals surface area contributed by atoms with Crippen LogP contribution in [0.15, 0.2) is 30.3 Å². The number of carbonyl (C=O) groups excluding carboxylic acids is 3. The first-order chi connectivity index (χ1) is 13.1. The Balaban J connectivity index is 1.43. The van der Waals surface area contributed by atoms with Crippen molar-refractivity contribution in [2.75, 3.05) is 19.6 Å². The summed E-state index contributed by atoms with van der Waals surface area (Å²) in [6, 6.07) is 8.80. The maximum absolute atomic E-state index is 12.5. The molecular weight excluding hydrogens is 344 g/mol. The first kappa shape index (κ1) is 19.4. The van der Waals surface area contributed by atoms with Crippen LogP contribution in [-0.2, 0) is 16.1 Å². The molecule has 0 spiro atoms. The number of hydrogen-bond donors (Lipinski definition) is 2. The molecule has 2 saturated heterocycles. The molecule has 2 atom stereocenters. The minimum atomic E-state index is -0.620. The Morgan fingerprint density at radius 2 is 2.04 bits per heavy atom. The molecule has 2 heterocycles. The maximum atomic E-state index is 12.5. The topological polar surface area (TPSA) is 81.8 Å². The van der Waals surface area contributed by atoms with Gasteiger partial charge in [0.2, 0.25) is 5.91 Å². The van der Waals surface area contributed by atoms with E-state index in [-0.39, 0.29) is 30.8 Å². The minimum Gasteiger partial charge on any atom is -0.355 e. The number of nitrogens with one attached hydrogen (secondary N) is 2. The Morgan fingerprint density at radius 3 is 2.78 bits per heavy atom. The zero-order valence-corrected chi connectivity index (χ0v) is 15.8. The molecule has 2 fully saturated rings. The zero-order chi connectivity index (χ0) is 19.2. The molecular formula is C20H28N4O3. The monoisotopic (exact) mass is 372 g/mol. The number of carbonyl (C=O) groups is 3. The van der Waals surface area contributed by atoms with Crippen molar-refractivity contribution >= 4 is 17.8 Å². The summed E-state index contributed by atoms with van der Waals surface area (Å²) in [4.78, 5) is 40.3. The van der Waals surface area contributed by atoms with Crippen molar-refractivity contribution in [3.05, 3.63) is 35.9 Å². The summed E-state index contributed by atoms with van der Waals surface area (Å²) in [6.07, 6.45) is 2.84. The SMILES string of the molecule is CCN1CCC[C@H]1CNC(=O)CC[C@@H]1NC(=O)N(Cc2ccccc2)C1=O. The van der Waals surface area contributed by atoms with Crippen LogP contribution in [0.3, 0.4) is 0 Å². The van der Waals surface area contributed by atoms with Gasteiger partial charge in [0.25, 0.3) is 5.91 Å². The molecule has 0 aromatic heterocycles. The summed E-state index contributed by atoms with van der Waals surface area (Å²) in [5, 5.41) is 5.66. The number of benzene rings is 1. The molecule has 0 aliphatic carbocycles. The molecule has 2 aliphatic heterocycles. The van der Waals surface area contributed by atoms with Crippen LogP contribution < -0.4 is 10.6 Å². The highest BCUT2D eigenvalue weighted by Crippen LogP contribution is 2.17. The summed E-state index contributed by atoms with van der Waals surface area (Å²) in [5.74, 6) is -0.328. The normalized spacial score (nSPS) is 22.9.